The first-order valence-corrected chi connectivity index (χ1v) is 7.83. The molecule has 2 heteroatoms. The fraction of sp³-hybridized carbons (Fsp3) is 0.857. The number of rotatable bonds is 10. The van der Waals surface area contributed by atoms with E-state index in [0.29, 0.717) is 6.42 Å². The second-order valence-electron chi connectivity index (χ2n) is 4.39. The van der Waals surface area contributed by atoms with Crippen molar-refractivity contribution in [1.82, 2.24) is 0 Å². The molecule has 0 aromatic carbocycles. The molecule has 0 heterocycles. The highest BCUT2D eigenvalue weighted by atomic mass is 127. The highest BCUT2D eigenvalue weighted by Gasteiger charge is 2.01. The predicted octanol–water partition coefficient (Wildman–Crippen LogP) is 6.54. The molecule has 0 bridgehead atoms. The van der Waals surface area contributed by atoms with Crippen LogP contribution in [-0.4, -0.2) is 0 Å². The molecule has 0 atom stereocenters. The summed E-state index contributed by atoms with van der Waals surface area (Å²) in [4.78, 5) is 0. The van der Waals surface area contributed by atoms with Crippen LogP contribution in [0.4, 0.5) is 4.39 Å². The van der Waals surface area contributed by atoms with E-state index in [0.717, 1.165) is 16.4 Å². The van der Waals surface area contributed by atoms with Crippen molar-refractivity contribution in [1.29, 1.82) is 0 Å². The summed E-state index contributed by atoms with van der Waals surface area (Å²) >= 11 is 2.12. The van der Waals surface area contributed by atoms with E-state index in [9.17, 15) is 4.39 Å². The van der Waals surface area contributed by atoms with E-state index in [-0.39, 0.29) is 5.83 Å². The van der Waals surface area contributed by atoms with Crippen molar-refractivity contribution in [2.45, 2.75) is 78.1 Å². The zero-order valence-electron chi connectivity index (χ0n) is 10.8. The summed E-state index contributed by atoms with van der Waals surface area (Å²) in [7, 11) is 0. The molecule has 0 radical (unpaired) electrons. The van der Waals surface area contributed by atoms with Gasteiger partial charge in [-0.2, -0.15) is 0 Å². The first kappa shape index (κ1) is 16.4. The Morgan fingerprint density at radius 1 is 0.875 bits per heavy atom. The van der Waals surface area contributed by atoms with Gasteiger partial charge in [0.05, 0.1) is 0 Å². The Bertz CT molecular complexity index is 187. The van der Waals surface area contributed by atoms with Gasteiger partial charge in [0.1, 0.15) is 5.83 Å². The van der Waals surface area contributed by atoms with E-state index in [2.05, 4.69) is 29.5 Å². The van der Waals surface area contributed by atoms with Gasteiger partial charge < -0.3 is 0 Å². The maximum absolute atomic E-state index is 13.3. The molecule has 0 amide bonds. The molecule has 0 saturated carbocycles. The van der Waals surface area contributed by atoms with Gasteiger partial charge in [-0.15, -0.1) is 0 Å². The van der Waals surface area contributed by atoms with Gasteiger partial charge in [0.2, 0.25) is 0 Å². The van der Waals surface area contributed by atoms with Crippen LogP contribution in [0.5, 0.6) is 0 Å². The Morgan fingerprint density at radius 2 is 1.38 bits per heavy atom. The standard InChI is InChI=1S/C14H26FI/c1-3-5-6-7-8-9-10-11-12-13(15)14(16)4-2/h3-12H2,1-2H3/b14-13-. The molecule has 0 aliphatic carbocycles. The number of hydrogen-bond acceptors (Lipinski definition) is 0. The maximum atomic E-state index is 13.3. The smallest absolute Gasteiger partial charge is 0.109 e. The molecule has 0 aromatic rings. The third-order valence-corrected chi connectivity index (χ3v) is 4.20. The van der Waals surface area contributed by atoms with Crippen LogP contribution in [0.15, 0.2) is 9.41 Å². The van der Waals surface area contributed by atoms with Crippen LogP contribution >= 0.6 is 22.6 Å². The van der Waals surface area contributed by atoms with E-state index in [1.807, 2.05) is 6.92 Å². The van der Waals surface area contributed by atoms with Crippen molar-refractivity contribution in [2.24, 2.45) is 0 Å². The molecule has 0 rings (SSSR count). The molecule has 0 nitrogen and oxygen atoms in total. The van der Waals surface area contributed by atoms with Gasteiger partial charge in [0, 0.05) is 3.58 Å². The SMILES string of the molecule is CCCCCCCCCC/C(F)=C(/I)CC. The molecule has 0 unspecified atom stereocenters. The molecular weight excluding hydrogens is 314 g/mol. The Hall–Kier alpha value is 0.400. The Kier molecular flexibility index (Phi) is 12.2. The van der Waals surface area contributed by atoms with Gasteiger partial charge >= 0.3 is 0 Å². The van der Waals surface area contributed by atoms with E-state index in [1.165, 1.54) is 44.9 Å². The quantitative estimate of drug-likeness (QED) is 0.313. The van der Waals surface area contributed by atoms with Gasteiger partial charge in [-0.05, 0) is 41.9 Å². The molecular formula is C14H26FI. The molecule has 0 aliphatic rings. The summed E-state index contributed by atoms with van der Waals surface area (Å²) in [5, 5.41) is 0. The Labute approximate surface area is 114 Å². The monoisotopic (exact) mass is 340 g/mol. The predicted molar refractivity (Wildman–Crippen MR) is 79.7 cm³/mol. The van der Waals surface area contributed by atoms with Crippen LogP contribution in [0, 0.1) is 0 Å². The minimum atomic E-state index is 0.120. The van der Waals surface area contributed by atoms with Gasteiger partial charge in [0.15, 0.2) is 0 Å². The highest BCUT2D eigenvalue weighted by Crippen LogP contribution is 2.22. The van der Waals surface area contributed by atoms with Crippen molar-refractivity contribution in [2.75, 3.05) is 0 Å². The summed E-state index contributed by atoms with van der Waals surface area (Å²) in [5.74, 6) is 0.120. The number of unbranched alkanes of at least 4 members (excludes halogenated alkanes) is 7. The number of allylic oxidation sites excluding steroid dienone is 2. The van der Waals surface area contributed by atoms with Crippen molar-refractivity contribution in [3.05, 3.63) is 9.41 Å². The molecule has 96 valence electrons. The zero-order chi connectivity index (χ0) is 12.2. The summed E-state index contributed by atoms with van der Waals surface area (Å²) in [6, 6.07) is 0. The Balaban J connectivity index is 3.27. The first-order chi connectivity index (χ1) is 7.72. The topological polar surface area (TPSA) is 0 Å². The summed E-state index contributed by atoms with van der Waals surface area (Å²) in [6.45, 7) is 4.25. The van der Waals surface area contributed by atoms with Crippen LogP contribution < -0.4 is 0 Å². The molecule has 16 heavy (non-hydrogen) atoms. The summed E-state index contributed by atoms with van der Waals surface area (Å²) in [6.07, 6.45) is 11.7. The molecule has 0 fully saturated rings. The summed E-state index contributed by atoms with van der Waals surface area (Å²) < 4.78 is 14.2. The van der Waals surface area contributed by atoms with Crippen LogP contribution in [0.2, 0.25) is 0 Å². The van der Waals surface area contributed by atoms with Gasteiger partial charge in [0.25, 0.3) is 0 Å². The van der Waals surface area contributed by atoms with Crippen molar-refractivity contribution in [3.8, 4) is 0 Å². The lowest BCUT2D eigenvalue weighted by molar-refractivity contribution is 0.531. The lowest BCUT2D eigenvalue weighted by Gasteiger charge is -2.02. The number of halogens is 2. The van der Waals surface area contributed by atoms with Crippen molar-refractivity contribution >= 4 is 22.6 Å². The Morgan fingerprint density at radius 3 is 1.88 bits per heavy atom. The van der Waals surface area contributed by atoms with E-state index >= 15 is 0 Å². The van der Waals surface area contributed by atoms with Crippen LogP contribution in [-0.2, 0) is 0 Å². The zero-order valence-corrected chi connectivity index (χ0v) is 13.0. The van der Waals surface area contributed by atoms with Gasteiger partial charge in [-0.25, -0.2) is 4.39 Å². The fourth-order valence-corrected chi connectivity index (χ4v) is 2.01. The van der Waals surface area contributed by atoms with Gasteiger partial charge in [-0.3, -0.25) is 0 Å². The second-order valence-corrected chi connectivity index (χ2v) is 5.69. The fourth-order valence-electron chi connectivity index (χ4n) is 1.74. The molecule has 0 N–H and O–H groups in total. The largest absolute Gasteiger partial charge is 0.211 e. The minimum Gasteiger partial charge on any atom is -0.211 e. The highest BCUT2D eigenvalue weighted by molar-refractivity contribution is 14.1. The second kappa shape index (κ2) is 11.9. The number of hydrogen-bond donors (Lipinski definition) is 0. The molecule has 0 aliphatic heterocycles. The first-order valence-electron chi connectivity index (χ1n) is 6.75. The summed E-state index contributed by atoms with van der Waals surface area (Å²) in [5.41, 5.74) is 0. The van der Waals surface area contributed by atoms with Crippen LogP contribution in [0.1, 0.15) is 78.1 Å². The third-order valence-electron chi connectivity index (χ3n) is 2.85. The van der Waals surface area contributed by atoms with E-state index in [1.54, 1.807) is 0 Å². The normalized spacial score (nSPS) is 12.8. The molecule has 0 aromatic heterocycles. The lowest BCUT2D eigenvalue weighted by Crippen LogP contribution is -1.83. The van der Waals surface area contributed by atoms with Crippen molar-refractivity contribution in [3.63, 3.8) is 0 Å². The molecule has 0 saturated heterocycles. The van der Waals surface area contributed by atoms with Gasteiger partial charge in [-0.1, -0.05) is 58.8 Å². The van der Waals surface area contributed by atoms with E-state index in [4.69, 9.17) is 0 Å². The maximum Gasteiger partial charge on any atom is 0.109 e. The lowest BCUT2D eigenvalue weighted by atomic mass is 10.1. The van der Waals surface area contributed by atoms with Crippen LogP contribution in [0.25, 0.3) is 0 Å². The van der Waals surface area contributed by atoms with E-state index < -0.39 is 0 Å². The van der Waals surface area contributed by atoms with Crippen LogP contribution in [0.3, 0.4) is 0 Å². The molecule has 0 spiro atoms. The average molecular weight is 340 g/mol. The average Bonchev–Trinajstić information content (AvgIpc) is 2.31. The third kappa shape index (κ3) is 9.61. The van der Waals surface area contributed by atoms with Crippen molar-refractivity contribution < 1.29 is 4.39 Å². The minimum absolute atomic E-state index is 0.120.